The van der Waals surface area contributed by atoms with Crippen LogP contribution in [0.2, 0.25) is 0 Å². The molecule has 2 amide bonds. The number of rotatable bonds is 9. The minimum Gasteiger partial charge on any atom is -0.464 e. The van der Waals surface area contributed by atoms with Crippen LogP contribution in [0.1, 0.15) is 76.8 Å². The summed E-state index contributed by atoms with van der Waals surface area (Å²) in [6.45, 7) is 15.7. The molecule has 3 aliphatic rings. The maximum Gasteiger partial charge on any atom is 0.324 e. The molecule has 3 aromatic heterocycles. The van der Waals surface area contributed by atoms with Crippen molar-refractivity contribution < 1.29 is 33.0 Å². The molecule has 3 N–H and O–H groups in total. The lowest BCUT2D eigenvalue weighted by molar-refractivity contribution is -0.155. The van der Waals surface area contributed by atoms with Gasteiger partial charge in [0.05, 0.1) is 71.5 Å². The van der Waals surface area contributed by atoms with Gasteiger partial charge in [-0.3, -0.25) is 24.4 Å². The number of benzene rings is 1. The zero-order chi connectivity index (χ0) is 42.9. The maximum absolute atomic E-state index is 16.7. The smallest absolute Gasteiger partial charge is 0.324 e. The Morgan fingerprint density at radius 2 is 1.90 bits per heavy atom. The number of nitrogens with one attached hydrogen (secondary N) is 3. The average Bonchev–Trinajstić information content (AvgIpc) is 3.82. The number of hydrogen-bond donors (Lipinski definition) is 3. The molecule has 1 aromatic carbocycles. The van der Waals surface area contributed by atoms with Crippen molar-refractivity contribution in [3.05, 3.63) is 51.9 Å². The van der Waals surface area contributed by atoms with Gasteiger partial charge in [-0.05, 0) is 69.8 Å². The number of cyclic esters (lactones) is 1. The number of thiazole rings is 1. The van der Waals surface area contributed by atoms with Crippen molar-refractivity contribution in [1.29, 1.82) is 0 Å². The summed E-state index contributed by atoms with van der Waals surface area (Å²) in [5.74, 6) is -1.65. The summed E-state index contributed by atoms with van der Waals surface area (Å²) in [5, 5.41) is 10.6. The summed E-state index contributed by atoms with van der Waals surface area (Å²) in [7, 11) is 3.37. The second-order valence-corrected chi connectivity index (χ2v) is 18.1. The van der Waals surface area contributed by atoms with Crippen molar-refractivity contribution in [2.75, 3.05) is 58.5 Å². The van der Waals surface area contributed by atoms with Gasteiger partial charge in [-0.15, -0.1) is 11.3 Å². The molecule has 0 radical (unpaired) electrons. The first-order valence-electron chi connectivity index (χ1n) is 21.1. The fraction of sp³-hybridized carbons (Fsp3) is 0.568. The van der Waals surface area contributed by atoms with Crippen LogP contribution in [0.25, 0.3) is 33.4 Å². The number of anilines is 1. The number of ether oxygens (including phenoxy) is 3. The molecule has 4 aromatic rings. The topological polar surface area (TPSA) is 152 Å². The molecule has 0 unspecified atom stereocenters. The van der Waals surface area contributed by atoms with Crippen LogP contribution in [0.4, 0.5) is 10.1 Å². The second kappa shape index (κ2) is 18.2. The van der Waals surface area contributed by atoms with Gasteiger partial charge in [-0.2, -0.15) is 0 Å². The molecule has 6 heterocycles. The van der Waals surface area contributed by atoms with E-state index in [0.717, 1.165) is 52.2 Å². The third-order valence-electron chi connectivity index (χ3n) is 11.9. The highest BCUT2D eigenvalue weighted by Gasteiger charge is 2.37. The van der Waals surface area contributed by atoms with Crippen molar-refractivity contribution in [3.8, 4) is 22.5 Å². The molecule has 3 aliphatic heterocycles. The number of nitrogens with zero attached hydrogens (tertiary/aromatic N) is 5. The van der Waals surface area contributed by atoms with Gasteiger partial charge < -0.3 is 34.3 Å². The summed E-state index contributed by atoms with van der Waals surface area (Å²) < 4.78 is 36.5. The van der Waals surface area contributed by atoms with Crippen molar-refractivity contribution in [3.63, 3.8) is 0 Å². The Hall–Kier alpha value is -4.48. The monoisotopic (exact) mass is 846 g/mol. The highest BCUT2D eigenvalue weighted by atomic mass is 32.1. The molecule has 60 heavy (non-hydrogen) atoms. The predicted octanol–water partition coefficient (Wildman–Crippen LogP) is 5.42. The zero-order valence-corrected chi connectivity index (χ0v) is 36.8. The van der Waals surface area contributed by atoms with E-state index in [1.54, 1.807) is 25.6 Å². The molecule has 7 rings (SSSR count). The van der Waals surface area contributed by atoms with Crippen LogP contribution in [-0.2, 0) is 48.0 Å². The third-order valence-corrected chi connectivity index (χ3v) is 12.8. The summed E-state index contributed by atoms with van der Waals surface area (Å²) in [6.07, 6.45) is 3.14. The van der Waals surface area contributed by atoms with Crippen LogP contribution in [0.3, 0.4) is 0 Å². The van der Waals surface area contributed by atoms with E-state index in [1.165, 1.54) is 16.3 Å². The number of fused-ring (bicyclic) bond motifs is 6. The normalized spacial score (nSPS) is 21.2. The molecule has 6 bridgehead atoms. The van der Waals surface area contributed by atoms with Gasteiger partial charge in [-0.1, -0.05) is 27.7 Å². The number of carbonyl (C=O) groups is 3. The van der Waals surface area contributed by atoms with Gasteiger partial charge in [0.1, 0.15) is 17.9 Å². The van der Waals surface area contributed by atoms with E-state index in [2.05, 4.69) is 52.4 Å². The Bertz CT molecular complexity index is 2220. The van der Waals surface area contributed by atoms with Crippen molar-refractivity contribution >= 4 is 45.7 Å². The van der Waals surface area contributed by atoms with E-state index in [9.17, 15) is 14.4 Å². The van der Waals surface area contributed by atoms with Crippen LogP contribution in [-0.4, -0.2) is 109 Å². The first kappa shape index (κ1) is 43.6. The fourth-order valence-corrected chi connectivity index (χ4v) is 9.51. The summed E-state index contributed by atoms with van der Waals surface area (Å²) >= 11 is 1.31. The highest BCUT2D eigenvalue weighted by Crippen LogP contribution is 2.43. The molecule has 4 atom stereocenters. The van der Waals surface area contributed by atoms with Gasteiger partial charge >= 0.3 is 5.97 Å². The number of methoxy groups -OCH3 is 1. The number of hydrazine groups is 1. The minimum atomic E-state index is -1.00. The predicted molar refractivity (Wildman–Crippen MR) is 230 cm³/mol. The zero-order valence-electron chi connectivity index (χ0n) is 36.0. The largest absolute Gasteiger partial charge is 0.464 e. The number of amides is 2. The lowest BCUT2D eigenvalue weighted by Gasteiger charge is -2.36. The minimum absolute atomic E-state index is 0.0434. The van der Waals surface area contributed by atoms with Crippen LogP contribution in [0.15, 0.2) is 29.8 Å². The van der Waals surface area contributed by atoms with Crippen LogP contribution in [0, 0.1) is 17.2 Å². The number of esters is 1. The van der Waals surface area contributed by atoms with Crippen molar-refractivity contribution in [2.45, 2.75) is 98.0 Å². The Kier molecular flexibility index (Phi) is 13.3. The average molecular weight is 847 g/mol. The summed E-state index contributed by atoms with van der Waals surface area (Å²) in [4.78, 5) is 53.8. The number of likely N-dealkylation sites (N-methyl/N-ethyl adjacent to an activating group) is 1. The van der Waals surface area contributed by atoms with E-state index in [-0.39, 0.29) is 31.0 Å². The molecular weight excluding hydrogens is 788 g/mol. The Morgan fingerprint density at radius 1 is 1.13 bits per heavy atom. The van der Waals surface area contributed by atoms with Gasteiger partial charge in [0.25, 0.3) is 5.91 Å². The third kappa shape index (κ3) is 8.94. The lowest BCUT2D eigenvalue weighted by atomic mass is 9.84. The summed E-state index contributed by atoms with van der Waals surface area (Å²) in [5.41, 5.74) is 8.49. The number of aromatic nitrogens is 3. The molecule has 0 spiro atoms. The number of morpholine rings is 1. The van der Waals surface area contributed by atoms with Crippen molar-refractivity contribution in [2.24, 2.45) is 11.3 Å². The van der Waals surface area contributed by atoms with Crippen LogP contribution in [0.5, 0.6) is 0 Å². The highest BCUT2D eigenvalue weighted by molar-refractivity contribution is 7.10. The van der Waals surface area contributed by atoms with Gasteiger partial charge in [0, 0.05) is 67.0 Å². The Balaban J connectivity index is 1.40. The quantitative estimate of drug-likeness (QED) is 0.185. The molecule has 0 aliphatic carbocycles. The maximum atomic E-state index is 16.7. The van der Waals surface area contributed by atoms with Gasteiger partial charge in [0.15, 0.2) is 0 Å². The number of hydrogen-bond acceptors (Lipinski definition) is 12. The first-order valence-corrected chi connectivity index (χ1v) is 22.0. The number of carbonyl (C=O) groups excluding carboxylic acids is 3. The van der Waals surface area contributed by atoms with Crippen LogP contribution < -0.4 is 21.0 Å². The number of pyridine rings is 1. The molecule has 2 fully saturated rings. The lowest BCUT2D eigenvalue weighted by Crippen LogP contribution is -2.61. The van der Waals surface area contributed by atoms with Crippen LogP contribution >= 0.6 is 11.3 Å². The van der Waals surface area contributed by atoms with E-state index in [0.29, 0.717) is 61.8 Å². The Morgan fingerprint density at radius 3 is 2.60 bits per heavy atom. The fourth-order valence-electron chi connectivity index (χ4n) is 8.67. The van der Waals surface area contributed by atoms with Crippen molar-refractivity contribution in [1.82, 2.24) is 35.6 Å². The number of aryl methyl sites for hydroxylation is 1. The summed E-state index contributed by atoms with van der Waals surface area (Å²) in [6, 6.07) is 3.33. The van der Waals surface area contributed by atoms with E-state index in [4.69, 9.17) is 24.2 Å². The molecular formula is C44H59FN8O6S. The SMILES string of the molecule is CCn1c(-c2cc(N3CCOCC3)cnc2[C@H](C)OC)c2c3cc(c(F)cc31)-c1csc(n1)C[C@H](NC(=O)[C@@H](NC)C(C)C)C(=O)N1CCC[C@H](N1)C(=O)OCC(C)(C)C2. The Labute approximate surface area is 355 Å². The van der Waals surface area contributed by atoms with E-state index in [1.807, 2.05) is 33.0 Å². The van der Waals surface area contributed by atoms with E-state index >= 15 is 4.39 Å². The van der Waals surface area contributed by atoms with E-state index < -0.39 is 41.2 Å². The number of halogens is 1. The first-order chi connectivity index (χ1) is 28.7. The molecule has 2 saturated heterocycles. The van der Waals surface area contributed by atoms with Gasteiger partial charge in [0.2, 0.25) is 5.91 Å². The second-order valence-electron chi connectivity index (χ2n) is 17.2. The standard InChI is InChI=1S/C44H59FN8O6S/c1-9-52-36-19-32(45)29-18-28(36)31(40(52)30-17-27(51-13-15-58-16-14-51)22-47-39(30)26(4)57-8)21-44(5,6)24-59-43(56)33-11-10-12-53(50-33)42(55)34(20-37-48-35(29)23-60-37)49-41(54)38(46-7)25(2)3/h17-19,22-23,25-26,33-34,38,46,50H,9-16,20-21,24H2,1-8H3,(H,49,54)/t26-,33-,34-,38-/m0/s1. The molecule has 324 valence electrons. The molecule has 14 nitrogen and oxygen atoms in total. The van der Waals surface area contributed by atoms with Gasteiger partial charge in [-0.25, -0.2) is 14.8 Å². The molecule has 0 saturated carbocycles. The molecule has 16 heteroatoms.